The van der Waals surface area contributed by atoms with Crippen LogP contribution in [0, 0.1) is 5.92 Å². The molecule has 20 heavy (non-hydrogen) atoms. The number of hydrogen-bond donors (Lipinski definition) is 2. The second-order valence-electron chi connectivity index (χ2n) is 5.35. The third kappa shape index (κ3) is 4.68. The first-order chi connectivity index (χ1) is 9.45. The monoisotopic (exact) mass is 277 g/mol. The topological polar surface area (TPSA) is 66.4 Å². The van der Waals surface area contributed by atoms with Crippen LogP contribution in [0.4, 0.5) is 0 Å². The molecule has 110 valence electrons. The lowest BCUT2D eigenvalue weighted by Gasteiger charge is -2.20. The van der Waals surface area contributed by atoms with Gasteiger partial charge >= 0.3 is 5.97 Å². The SMILES string of the molecule is CCC(CC(=O)NC(C(=O)O)C(C)C)c1ccccc1. The summed E-state index contributed by atoms with van der Waals surface area (Å²) < 4.78 is 0. The summed E-state index contributed by atoms with van der Waals surface area (Å²) in [5.41, 5.74) is 1.11. The second kappa shape index (κ2) is 7.68. The van der Waals surface area contributed by atoms with Gasteiger partial charge < -0.3 is 10.4 Å². The summed E-state index contributed by atoms with van der Waals surface area (Å²) in [4.78, 5) is 23.1. The van der Waals surface area contributed by atoms with Crippen molar-refractivity contribution in [2.75, 3.05) is 0 Å². The Morgan fingerprint density at radius 2 is 1.80 bits per heavy atom. The number of carbonyl (C=O) groups is 2. The Morgan fingerprint density at radius 3 is 2.25 bits per heavy atom. The fourth-order valence-electron chi connectivity index (χ4n) is 2.19. The van der Waals surface area contributed by atoms with Crippen LogP contribution in [0.2, 0.25) is 0 Å². The van der Waals surface area contributed by atoms with Crippen LogP contribution in [-0.4, -0.2) is 23.0 Å². The normalized spacial score (nSPS) is 13.8. The largest absolute Gasteiger partial charge is 0.480 e. The molecular weight excluding hydrogens is 254 g/mol. The van der Waals surface area contributed by atoms with Gasteiger partial charge in [-0.3, -0.25) is 4.79 Å². The zero-order chi connectivity index (χ0) is 15.1. The van der Waals surface area contributed by atoms with Gasteiger partial charge in [-0.1, -0.05) is 51.1 Å². The second-order valence-corrected chi connectivity index (χ2v) is 5.35. The van der Waals surface area contributed by atoms with E-state index in [2.05, 4.69) is 5.32 Å². The minimum Gasteiger partial charge on any atom is -0.480 e. The molecule has 0 aliphatic heterocycles. The van der Waals surface area contributed by atoms with Gasteiger partial charge in [-0.15, -0.1) is 0 Å². The standard InChI is InChI=1S/C16H23NO3/c1-4-12(13-8-6-5-7-9-13)10-14(18)17-15(11(2)3)16(19)20/h5-9,11-12,15H,4,10H2,1-3H3,(H,17,18)(H,19,20). The Bertz CT molecular complexity index is 442. The Hall–Kier alpha value is -1.84. The van der Waals surface area contributed by atoms with Crippen LogP contribution in [0.1, 0.15) is 45.1 Å². The lowest BCUT2D eigenvalue weighted by Crippen LogP contribution is -2.44. The summed E-state index contributed by atoms with van der Waals surface area (Å²) in [5, 5.41) is 11.7. The number of rotatable bonds is 7. The van der Waals surface area contributed by atoms with E-state index in [-0.39, 0.29) is 17.7 Å². The summed E-state index contributed by atoms with van der Waals surface area (Å²) in [6, 6.07) is 9.01. The fraction of sp³-hybridized carbons (Fsp3) is 0.500. The number of amides is 1. The molecule has 2 unspecified atom stereocenters. The Morgan fingerprint density at radius 1 is 1.20 bits per heavy atom. The van der Waals surface area contributed by atoms with Gasteiger partial charge in [0.25, 0.3) is 0 Å². The minimum atomic E-state index is -0.985. The molecule has 0 radical (unpaired) electrons. The molecule has 0 aromatic heterocycles. The number of carbonyl (C=O) groups excluding carboxylic acids is 1. The van der Waals surface area contributed by atoms with Gasteiger partial charge in [0.1, 0.15) is 6.04 Å². The molecule has 1 aromatic rings. The molecule has 0 bridgehead atoms. The van der Waals surface area contributed by atoms with Crippen LogP contribution in [0.15, 0.2) is 30.3 Å². The van der Waals surface area contributed by atoms with E-state index in [1.165, 1.54) is 0 Å². The number of benzene rings is 1. The van der Waals surface area contributed by atoms with Crippen LogP contribution in [0.5, 0.6) is 0 Å². The van der Waals surface area contributed by atoms with Crippen molar-refractivity contribution in [3.8, 4) is 0 Å². The van der Waals surface area contributed by atoms with Crippen molar-refractivity contribution in [1.29, 1.82) is 0 Å². The molecule has 0 saturated heterocycles. The molecule has 2 atom stereocenters. The van der Waals surface area contributed by atoms with Crippen LogP contribution in [0.25, 0.3) is 0 Å². The molecular formula is C16H23NO3. The Balaban J connectivity index is 2.66. The summed E-state index contributed by atoms with van der Waals surface area (Å²) in [7, 11) is 0. The third-order valence-corrected chi connectivity index (χ3v) is 3.44. The van der Waals surface area contributed by atoms with Gasteiger partial charge in [-0.05, 0) is 23.8 Å². The summed E-state index contributed by atoms with van der Waals surface area (Å²) in [5.74, 6) is -1.20. The van der Waals surface area contributed by atoms with Gasteiger partial charge in [-0.2, -0.15) is 0 Å². The van der Waals surface area contributed by atoms with E-state index in [9.17, 15) is 9.59 Å². The van der Waals surface area contributed by atoms with Crippen LogP contribution in [-0.2, 0) is 9.59 Å². The third-order valence-electron chi connectivity index (χ3n) is 3.44. The van der Waals surface area contributed by atoms with Gasteiger partial charge in [0, 0.05) is 6.42 Å². The average Bonchev–Trinajstić information content (AvgIpc) is 2.42. The predicted molar refractivity (Wildman–Crippen MR) is 78.5 cm³/mol. The highest BCUT2D eigenvalue weighted by Crippen LogP contribution is 2.22. The van der Waals surface area contributed by atoms with Crippen LogP contribution >= 0.6 is 0 Å². The smallest absolute Gasteiger partial charge is 0.326 e. The predicted octanol–water partition coefficient (Wildman–Crippen LogP) is 2.80. The number of hydrogen-bond acceptors (Lipinski definition) is 2. The van der Waals surface area contributed by atoms with Crippen LogP contribution < -0.4 is 5.32 Å². The van der Waals surface area contributed by atoms with E-state index >= 15 is 0 Å². The molecule has 2 N–H and O–H groups in total. The molecule has 0 fully saturated rings. The number of nitrogens with one attached hydrogen (secondary N) is 1. The quantitative estimate of drug-likeness (QED) is 0.805. The van der Waals surface area contributed by atoms with Crippen molar-refractivity contribution in [2.45, 2.75) is 45.6 Å². The maximum absolute atomic E-state index is 12.0. The molecule has 1 amide bonds. The van der Waals surface area contributed by atoms with Crippen molar-refractivity contribution in [3.63, 3.8) is 0 Å². The van der Waals surface area contributed by atoms with E-state index in [0.717, 1.165) is 12.0 Å². The van der Waals surface area contributed by atoms with Gasteiger partial charge in [-0.25, -0.2) is 4.79 Å². The maximum atomic E-state index is 12.0. The van der Waals surface area contributed by atoms with Gasteiger partial charge in [0.2, 0.25) is 5.91 Å². The van der Waals surface area contributed by atoms with E-state index in [1.807, 2.05) is 37.3 Å². The zero-order valence-electron chi connectivity index (χ0n) is 12.3. The molecule has 1 rings (SSSR count). The highest BCUT2D eigenvalue weighted by molar-refractivity contribution is 5.84. The lowest BCUT2D eigenvalue weighted by molar-refractivity contribution is -0.143. The maximum Gasteiger partial charge on any atom is 0.326 e. The molecule has 1 aromatic carbocycles. The van der Waals surface area contributed by atoms with E-state index in [4.69, 9.17) is 5.11 Å². The number of carboxylic acids is 1. The van der Waals surface area contributed by atoms with Crippen molar-refractivity contribution >= 4 is 11.9 Å². The highest BCUT2D eigenvalue weighted by Gasteiger charge is 2.24. The lowest BCUT2D eigenvalue weighted by atomic mass is 9.92. The molecule has 0 heterocycles. The van der Waals surface area contributed by atoms with E-state index < -0.39 is 12.0 Å². The molecule has 0 aliphatic rings. The minimum absolute atomic E-state index is 0.123. The Kier molecular flexibility index (Phi) is 6.22. The van der Waals surface area contributed by atoms with Gasteiger partial charge in [0.05, 0.1) is 0 Å². The first kappa shape index (κ1) is 16.2. The average molecular weight is 277 g/mol. The Labute approximate surface area is 120 Å². The molecule has 0 spiro atoms. The summed E-state index contributed by atoms with van der Waals surface area (Å²) in [6.45, 7) is 5.60. The van der Waals surface area contributed by atoms with E-state index in [1.54, 1.807) is 13.8 Å². The van der Waals surface area contributed by atoms with Gasteiger partial charge in [0.15, 0.2) is 0 Å². The fourth-order valence-corrected chi connectivity index (χ4v) is 2.19. The van der Waals surface area contributed by atoms with Crippen molar-refractivity contribution < 1.29 is 14.7 Å². The first-order valence-corrected chi connectivity index (χ1v) is 7.02. The molecule has 0 saturated carbocycles. The van der Waals surface area contributed by atoms with Crippen LogP contribution in [0.3, 0.4) is 0 Å². The summed E-state index contributed by atoms with van der Waals surface area (Å²) >= 11 is 0. The van der Waals surface area contributed by atoms with Crippen molar-refractivity contribution in [3.05, 3.63) is 35.9 Å². The first-order valence-electron chi connectivity index (χ1n) is 7.02. The molecule has 0 aliphatic carbocycles. The molecule has 4 heteroatoms. The van der Waals surface area contributed by atoms with E-state index in [0.29, 0.717) is 6.42 Å². The highest BCUT2D eigenvalue weighted by atomic mass is 16.4. The molecule has 4 nitrogen and oxygen atoms in total. The van der Waals surface area contributed by atoms with Crippen molar-refractivity contribution in [1.82, 2.24) is 5.32 Å². The number of aliphatic carboxylic acids is 1. The summed E-state index contributed by atoms with van der Waals surface area (Å²) in [6.07, 6.45) is 1.16. The zero-order valence-corrected chi connectivity index (χ0v) is 12.3. The van der Waals surface area contributed by atoms with Crippen molar-refractivity contribution in [2.24, 2.45) is 5.92 Å². The number of carboxylic acid groups (broad SMARTS) is 1.